The summed E-state index contributed by atoms with van der Waals surface area (Å²) in [6.45, 7) is 2.94. The van der Waals surface area contributed by atoms with E-state index in [2.05, 4.69) is 0 Å². The molecule has 5 nitrogen and oxygen atoms in total. The molecule has 2 aromatic carbocycles. The Morgan fingerprint density at radius 2 is 1.46 bits per heavy atom. The van der Waals surface area contributed by atoms with Crippen molar-refractivity contribution < 1.29 is 24.1 Å². The lowest BCUT2D eigenvalue weighted by molar-refractivity contribution is -0.162. The van der Waals surface area contributed by atoms with Crippen LogP contribution < -0.4 is 9.47 Å². The van der Waals surface area contributed by atoms with Gasteiger partial charge in [0.15, 0.2) is 5.60 Å². The summed E-state index contributed by atoms with van der Waals surface area (Å²) in [6, 6.07) is 13.4. The van der Waals surface area contributed by atoms with E-state index < -0.39 is 17.7 Å². The zero-order valence-corrected chi connectivity index (χ0v) is 16.0. The molecule has 7 heteroatoms. The van der Waals surface area contributed by atoms with E-state index in [1.807, 2.05) is 0 Å². The number of aliphatic hydroxyl groups is 1. The highest BCUT2D eigenvalue weighted by atomic mass is 35.5. The number of aliphatic hydroxyl groups excluding tert-OH is 1. The third-order valence-corrected chi connectivity index (χ3v) is 3.85. The van der Waals surface area contributed by atoms with E-state index in [1.54, 1.807) is 62.4 Å². The van der Waals surface area contributed by atoms with Gasteiger partial charge in [-0.15, -0.1) is 0 Å². The average molecular weight is 399 g/mol. The molecule has 0 saturated carbocycles. The van der Waals surface area contributed by atoms with E-state index in [1.165, 1.54) is 0 Å². The lowest BCUT2D eigenvalue weighted by atomic mass is 10.1. The van der Waals surface area contributed by atoms with Crippen molar-refractivity contribution in [3.63, 3.8) is 0 Å². The van der Waals surface area contributed by atoms with Crippen molar-refractivity contribution in [1.82, 2.24) is 0 Å². The maximum absolute atomic E-state index is 12.2. The van der Waals surface area contributed by atoms with Crippen LogP contribution in [0.3, 0.4) is 0 Å². The van der Waals surface area contributed by atoms with Gasteiger partial charge in [0.2, 0.25) is 0 Å². The van der Waals surface area contributed by atoms with Crippen LogP contribution in [0.1, 0.15) is 13.8 Å². The Morgan fingerprint density at radius 1 is 0.962 bits per heavy atom. The first-order chi connectivity index (χ1) is 12.3. The summed E-state index contributed by atoms with van der Waals surface area (Å²) in [5, 5.41) is 11.1. The van der Waals surface area contributed by atoms with Crippen molar-refractivity contribution in [3.05, 3.63) is 58.6 Å². The Bertz CT molecular complexity index is 714. The number of benzene rings is 2. The number of hydrogen-bond acceptors (Lipinski definition) is 5. The maximum Gasteiger partial charge on any atom is 0.349 e. The first kappa shape index (κ1) is 20.4. The number of rotatable bonds is 8. The third kappa shape index (κ3) is 6.41. The van der Waals surface area contributed by atoms with E-state index >= 15 is 0 Å². The van der Waals surface area contributed by atoms with Gasteiger partial charge in [-0.1, -0.05) is 23.2 Å². The summed E-state index contributed by atoms with van der Waals surface area (Å²) in [5.74, 6) is 0.451. The van der Waals surface area contributed by atoms with Crippen molar-refractivity contribution in [3.8, 4) is 11.5 Å². The largest absolute Gasteiger partial charge is 0.491 e. The number of carbonyl (C=O) groups excluding carboxylic acids is 1. The molecule has 0 saturated heterocycles. The van der Waals surface area contributed by atoms with Crippen LogP contribution in [0.15, 0.2) is 48.5 Å². The van der Waals surface area contributed by atoms with E-state index in [0.717, 1.165) is 0 Å². The van der Waals surface area contributed by atoms with Crippen LogP contribution in [0.25, 0.3) is 0 Å². The number of esters is 1. The fourth-order valence-corrected chi connectivity index (χ4v) is 2.21. The molecular formula is C19H20Cl2O5. The predicted molar refractivity (Wildman–Crippen MR) is 100 cm³/mol. The highest BCUT2D eigenvalue weighted by Crippen LogP contribution is 2.22. The van der Waals surface area contributed by atoms with Crippen molar-refractivity contribution in [2.24, 2.45) is 0 Å². The first-order valence-electron chi connectivity index (χ1n) is 7.94. The van der Waals surface area contributed by atoms with Crippen LogP contribution in [0.4, 0.5) is 0 Å². The number of carbonyl (C=O) groups is 1. The van der Waals surface area contributed by atoms with Gasteiger partial charge < -0.3 is 19.3 Å². The Balaban J connectivity index is 1.78. The summed E-state index contributed by atoms with van der Waals surface area (Å²) in [4.78, 5) is 12.2. The zero-order chi connectivity index (χ0) is 19.2. The highest BCUT2D eigenvalue weighted by Gasteiger charge is 2.32. The fourth-order valence-electron chi connectivity index (χ4n) is 1.96. The van der Waals surface area contributed by atoms with Crippen LogP contribution >= 0.6 is 23.2 Å². The second-order valence-corrected chi connectivity index (χ2v) is 6.96. The topological polar surface area (TPSA) is 65.0 Å². The third-order valence-electron chi connectivity index (χ3n) is 3.34. The molecule has 1 unspecified atom stereocenters. The smallest absolute Gasteiger partial charge is 0.349 e. The van der Waals surface area contributed by atoms with Gasteiger partial charge in [0.1, 0.15) is 30.8 Å². The first-order valence-corrected chi connectivity index (χ1v) is 8.70. The predicted octanol–water partition coefficient (Wildman–Crippen LogP) is 4.13. The molecule has 26 heavy (non-hydrogen) atoms. The van der Waals surface area contributed by atoms with Crippen LogP contribution in [0, 0.1) is 0 Å². The molecule has 1 atom stereocenters. The minimum atomic E-state index is -1.22. The molecule has 0 bridgehead atoms. The molecule has 0 spiro atoms. The van der Waals surface area contributed by atoms with Crippen molar-refractivity contribution in [2.75, 3.05) is 13.2 Å². The minimum absolute atomic E-state index is 0.0205. The fraction of sp³-hybridized carbons (Fsp3) is 0.316. The summed E-state index contributed by atoms with van der Waals surface area (Å²) >= 11 is 11.6. The molecule has 1 N–H and O–H groups in total. The molecule has 0 aromatic heterocycles. The Labute approximate surface area is 162 Å². The van der Waals surface area contributed by atoms with Crippen molar-refractivity contribution in [1.29, 1.82) is 0 Å². The molecule has 0 amide bonds. The number of hydrogen-bond donors (Lipinski definition) is 1. The van der Waals surface area contributed by atoms with Gasteiger partial charge in [-0.25, -0.2) is 4.79 Å². The van der Waals surface area contributed by atoms with Gasteiger partial charge in [0.25, 0.3) is 0 Å². The van der Waals surface area contributed by atoms with Gasteiger partial charge in [-0.3, -0.25) is 0 Å². The maximum atomic E-state index is 12.2. The van der Waals surface area contributed by atoms with Crippen LogP contribution in [-0.4, -0.2) is 36.0 Å². The number of ether oxygens (including phenoxy) is 3. The molecule has 0 heterocycles. The van der Waals surface area contributed by atoms with Crippen molar-refractivity contribution in [2.45, 2.75) is 25.6 Å². The molecular weight excluding hydrogens is 379 g/mol. The van der Waals surface area contributed by atoms with Crippen LogP contribution in [0.2, 0.25) is 10.0 Å². The molecule has 2 aromatic rings. The summed E-state index contributed by atoms with van der Waals surface area (Å²) in [7, 11) is 0. The average Bonchev–Trinajstić information content (AvgIpc) is 2.61. The molecule has 0 radical (unpaired) electrons. The molecule has 0 aliphatic heterocycles. The Morgan fingerprint density at radius 3 is 2.00 bits per heavy atom. The molecule has 0 aliphatic rings. The molecule has 0 aliphatic carbocycles. The molecule has 2 rings (SSSR count). The summed E-state index contributed by atoms with van der Waals surface area (Å²) in [5.41, 5.74) is -1.22. The van der Waals surface area contributed by atoms with Gasteiger partial charge in [-0.05, 0) is 62.4 Å². The Kier molecular flexibility index (Phi) is 7.14. The molecule has 140 valence electrons. The normalized spacial score (nSPS) is 12.3. The van der Waals surface area contributed by atoms with Gasteiger partial charge >= 0.3 is 5.97 Å². The monoisotopic (exact) mass is 398 g/mol. The lowest BCUT2D eigenvalue weighted by Crippen LogP contribution is -2.41. The number of halogens is 2. The van der Waals surface area contributed by atoms with Gasteiger partial charge in [0.05, 0.1) is 0 Å². The second kappa shape index (κ2) is 9.12. The zero-order valence-electron chi connectivity index (χ0n) is 14.4. The minimum Gasteiger partial charge on any atom is -0.491 e. The summed E-state index contributed by atoms with van der Waals surface area (Å²) in [6.07, 6.45) is -0.971. The van der Waals surface area contributed by atoms with E-state index in [-0.39, 0.29) is 13.2 Å². The van der Waals surface area contributed by atoms with E-state index in [4.69, 9.17) is 37.4 Å². The van der Waals surface area contributed by atoms with E-state index in [0.29, 0.717) is 21.5 Å². The highest BCUT2D eigenvalue weighted by molar-refractivity contribution is 6.30. The summed E-state index contributed by atoms with van der Waals surface area (Å²) < 4.78 is 16.2. The molecule has 0 fully saturated rings. The lowest BCUT2D eigenvalue weighted by Gasteiger charge is -2.25. The van der Waals surface area contributed by atoms with Gasteiger partial charge in [0, 0.05) is 10.0 Å². The van der Waals surface area contributed by atoms with Crippen LogP contribution in [-0.2, 0) is 9.53 Å². The quantitative estimate of drug-likeness (QED) is 0.677. The SMILES string of the molecule is CC(C)(Oc1ccc(Cl)cc1)C(=O)OCC(O)COc1ccc(Cl)cc1. The van der Waals surface area contributed by atoms with Gasteiger partial charge in [-0.2, -0.15) is 0 Å². The van der Waals surface area contributed by atoms with E-state index in [9.17, 15) is 9.90 Å². The standard InChI is InChI=1S/C19H20Cl2O5/c1-19(2,26-17-9-5-14(21)6-10-17)18(23)25-12-15(22)11-24-16-7-3-13(20)4-8-16/h3-10,15,22H,11-12H2,1-2H3. The second-order valence-electron chi connectivity index (χ2n) is 6.08. The Hall–Kier alpha value is -1.95. The van der Waals surface area contributed by atoms with Crippen molar-refractivity contribution >= 4 is 29.2 Å². The van der Waals surface area contributed by atoms with Crippen LogP contribution in [0.5, 0.6) is 11.5 Å².